The average molecular weight is 776 g/mol. The maximum atomic E-state index is 6.93. The van der Waals surface area contributed by atoms with Crippen molar-refractivity contribution in [1.29, 1.82) is 0 Å². The number of guanidine groups is 2. The van der Waals surface area contributed by atoms with Crippen molar-refractivity contribution in [2.75, 3.05) is 0 Å². The molecule has 3 aromatic heterocycles. The highest BCUT2D eigenvalue weighted by Gasteiger charge is 2.58. The minimum absolute atomic E-state index is 0.0594. The summed E-state index contributed by atoms with van der Waals surface area (Å²) in [6.07, 6.45) is 6.00. The summed E-state index contributed by atoms with van der Waals surface area (Å²) in [4.78, 5) is 23.0. The fourth-order valence-electron chi connectivity index (χ4n) is 7.88. The quantitative estimate of drug-likeness (QED) is 0.120. The highest BCUT2D eigenvalue weighted by atomic mass is 79.9. The molecule has 9 rings (SSSR count). The largest absolute Gasteiger partial charge is 0.370 e. The van der Waals surface area contributed by atoms with Crippen LogP contribution in [-0.2, 0) is 0 Å². The lowest BCUT2D eigenvalue weighted by molar-refractivity contribution is 0.0900. The van der Waals surface area contributed by atoms with Crippen LogP contribution in [-0.4, -0.2) is 50.0 Å². The number of hydrogen-bond acceptors (Lipinski definition) is 6. The van der Waals surface area contributed by atoms with E-state index < -0.39 is 0 Å². The number of nitrogens with one attached hydrogen (secondary N) is 4. The Labute approximate surface area is 277 Å². The van der Waals surface area contributed by atoms with E-state index in [1.54, 1.807) is 0 Å². The lowest BCUT2D eigenvalue weighted by Crippen LogP contribution is -2.68. The summed E-state index contributed by atoms with van der Waals surface area (Å²) in [6.45, 7) is 0. The Morgan fingerprint density at radius 3 is 1.70 bits per heavy atom. The average Bonchev–Trinajstić information content (AvgIpc) is 3.77. The first kappa shape index (κ1) is 26.6. The maximum absolute atomic E-state index is 6.93. The third-order valence-corrected chi connectivity index (χ3v) is 11.1. The van der Waals surface area contributed by atoms with E-state index in [9.17, 15) is 0 Å². The molecule has 2 bridgehead atoms. The zero-order valence-electron chi connectivity index (χ0n) is 23.0. The van der Waals surface area contributed by atoms with E-state index in [2.05, 4.69) is 146 Å². The Morgan fingerprint density at radius 2 is 1.14 bits per heavy atom. The zero-order valence-corrected chi connectivity index (χ0v) is 27.8. The van der Waals surface area contributed by atoms with Gasteiger partial charge in [0.25, 0.3) is 0 Å². The molecule has 3 aliphatic heterocycles. The molecule has 0 saturated carbocycles. The van der Waals surface area contributed by atoms with Gasteiger partial charge in [-0.25, -0.2) is 9.98 Å². The molecule has 6 atom stereocenters. The molecule has 220 valence electrons. The minimum Gasteiger partial charge on any atom is -0.370 e. The number of aromatic nitrogens is 3. The number of nitrogens with zero attached hydrogens (tertiary/aromatic N) is 3. The smallest absolute Gasteiger partial charge is 0.194 e. The molecule has 8 N–H and O–H groups in total. The molecule has 0 spiro atoms. The number of benzene rings is 3. The second-order valence-electron chi connectivity index (χ2n) is 11.8. The van der Waals surface area contributed by atoms with Gasteiger partial charge in [-0.2, -0.15) is 0 Å². The molecule has 0 amide bonds. The van der Waals surface area contributed by atoms with Crippen molar-refractivity contribution in [1.82, 2.24) is 25.2 Å². The molecular formula is C32H26Br3N9. The van der Waals surface area contributed by atoms with Crippen LogP contribution in [0.2, 0.25) is 0 Å². The van der Waals surface area contributed by atoms with Crippen LogP contribution >= 0.6 is 47.8 Å². The Hall–Kier alpha value is -3.74. The van der Waals surface area contributed by atoms with Crippen LogP contribution in [0.1, 0.15) is 34.6 Å². The number of aliphatic imine (C=N–C) groups is 2. The SMILES string of the molecule is NC1=N[C@H]2[C@@H](c3c[nH]c4cc(Br)ccc34)[C@H](N1)[C@H](c1c[nH]c3cc(Br)ccc13)[C@H]1[C@H](c3c[nH]c4cc(Br)ccc34)N=C(N)N12. The number of aromatic amines is 3. The second-order valence-corrected chi connectivity index (χ2v) is 14.5. The van der Waals surface area contributed by atoms with Crippen LogP contribution in [0.15, 0.2) is 96.6 Å². The molecule has 9 nitrogen and oxygen atoms in total. The first-order valence-electron chi connectivity index (χ1n) is 14.4. The molecule has 3 aliphatic rings. The number of halogens is 3. The Morgan fingerprint density at radius 1 is 0.636 bits per heavy atom. The molecule has 44 heavy (non-hydrogen) atoms. The van der Waals surface area contributed by atoms with Gasteiger partial charge in [0.2, 0.25) is 0 Å². The highest BCUT2D eigenvalue weighted by Crippen LogP contribution is 2.54. The predicted octanol–water partition coefficient (Wildman–Crippen LogP) is 6.65. The summed E-state index contributed by atoms with van der Waals surface area (Å²) in [5, 5.41) is 7.10. The van der Waals surface area contributed by atoms with Gasteiger partial charge in [-0.15, -0.1) is 0 Å². The first-order valence-corrected chi connectivity index (χ1v) is 16.7. The van der Waals surface area contributed by atoms with E-state index in [4.69, 9.17) is 21.5 Å². The van der Waals surface area contributed by atoms with Gasteiger partial charge in [-0.05, 0) is 47.5 Å². The standard InChI is InChI=1S/C32H26Br3N9/c33-13-1-4-16-19(10-38-22(16)7-13)25-28-26(20-11-39-23-8-14(34)2-5-17(20)23)30(43-31(36)41-28)44-29(25)27(42-32(44)37)21-12-40-24-9-15(35)3-6-18(21)24/h1-12,25-30,38-40H,(H2,37,42)(H3,36,41,43)/t25-,26-,27-,28+,29-,30+/m0/s1. The summed E-state index contributed by atoms with van der Waals surface area (Å²) in [7, 11) is 0. The summed E-state index contributed by atoms with van der Waals surface area (Å²) >= 11 is 10.9. The van der Waals surface area contributed by atoms with Crippen molar-refractivity contribution >= 4 is 92.4 Å². The van der Waals surface area contributed by atoms with Crippen LogP contribution < -0.4 is 16.8 Å². The van der Waals surface area contributed by atoms with Crippen LogP contribution in [0.5, 0.6) is 0 Å². The normalized spacial score (nSPS) is 26.2. The Bertz CT molecular complexity index is 2190. The van der Waals surface area contributed by atoms with E-state index in [0.29, 0.717) is 11.9 Å². The molecule has 1 fully saturated rings. The van der Waals surface area contributed by atoms with Gasteiger partial charge in [0.15, 0.2) is 11.9 Å². The van der Waals surface area contributed by atoms with Crippen LogP contribution in [0.25, 0.3) is 32.7 Å². The monoisotopic (exact) mass is 773 g/mol. The van der Waals surface area contributed by atoms with Crippen molar-refractivity contribution in [3.8, 4) is 0 Å². The van der Waals surface area contributed by atoms with E-state index in [1.165, 1.54) is 11.1 Å². The van der Waals surface area contributed by atoms with Gasteiger partial charge in [0.05, 0.1) is 6.04 Å². The molecule has 0 aliphatic carbocycles. The number of H-pyrrole nitrogens is 3. The third kappa shape index (κ3) is 3.80. The van der Waals surface area contributed by atoms with E-state index in [0.717, 1.165) is 51.7 Å². The molecule has 6 heterocycles. The van der Waals surface area contributed by atoms with Crippen molar-refractivity contribution in [2.45, 2.75) is 36.1 Å². The number of piperidine rings is 1. The van der Waals surface area contributed by atoms with Gasteiger partial charge in [0, 0.05) is 88.2 Å². The maximum Gasteiger partial charge on any atom is 0.194 e. The molecule has 3 aromatic carbocycles. The fraction of sp³-hybridized carbons (Fsp3) is 0.188. The number of hydrogen-bond donors (Lipinski definition) is 6. The Balaban J connectivity index is 1.29. The summed E-state index contributed by atoms with van der Waals surface area (Å²) < 4.78 is 3.07. The lowest BCUT2D eigenvalue weighted by Gasteiger charge is -2.54. The Kier molecular flexibility index (Phi) is 5.83. The van der Waals surface area contributed by atoms with E-state index in [1.807, 2.05) is 0 Å². The van der Waals surface area contributed by atoms with Crippen molar-refractivity contribution < 1.29 is 0 Å². The van der Waals surface area contributed by atoms with Gasteiger partial charge in [-0.1, -0.05) is 66.0 Å². The summed E-state index contributed by atoms with van der Waals surface area (Å²) in [6, 6.07) is 18.6. The lowest BCUT2D eigenvalue weighted by atomic mass is 9.68. The molecule has 0 radical (unpaired) electrons. The van der Waals surface area contributed by atoms with Crippen LogP contribution in [0, 0.1) is 0 Å². The van der Waals surface area contributed by atoms with Gasteiger partial charge in [-0.3, -0.25) is 0 Å². The minimum atomic E-state index is -0.336. The van der Waals surface area contributed by atoms with Crippen molar-refractivity contribution in [3.05, 3.63) is 103 Å². The van der Waals surface area contributed by atoms with Crippen molar-refractivity contribution in [2.24, 2.45) is 21.5 Å². The van der Waals surface area contributed by atoms with Crippen LogP contribution in [0.4, 0.5) is 0 Å². The predicted molar refractivity (Wildman–Crippen MR) is 186 cm³/mol. The highest BCUT2D eigenvalue weighted by molar-refractivity contribution is 9.11. The molecular weight excluding hydrogens is 750 g/mol. The van der Waals surface area contributed by atoms with Gasteiger partial charge >= 0.3 is 0 Å². The molecule has 6 aromatic rings. The second kappa shape index (κ2) is 9.63. The third-order valence-electron chi connectivity index (χ3n) is 9.58. The van der Waals surface area contributed by atoms with Crippen molar-refractivity contribution in [3.63, 3.8) is 0 Å². The van der Waals surface area contributed by atoms with Crippen LogP contribution in [0.3, 0.4) is 0 Å². The van der Waals surface area contributed by atoms with Gasteiger partial charge < -0.3 is 36.6 Å². The summed E-state index contributed by atoms with van der Waals surface area (Å²) in [5.74, 6) is 0.771. The fourth-order valence-corrected chi connectivity index (χ4v) is 8.97. The number of nitrogens with two attached hydrogens (primary N) is 2. The van der Waals surface area contributed by atoms with Gasteiger partial charge in [0.1, 0.15) is 12.2 Å². The topological polar surface area (TPSA) is 139 Å². The molecule has 12 heteroatoms. The first-order chi connectivity index (χ1) is 21.4. The van der Waals surface area contributed by atoms with E-state index in [-0.39, 0.29) is 36.1 Å². The molecule has 0 unspecified atom stereocenters. The zero-order chi connectivity index (χ0) is 29.9. The number of rotatable bonds is 3. The number of fused-ring (bicyclic) bond motifs is 7. The van der Waals surface area contributed by atoms with E-state index >= 15 is 0 Å². The summed E-state index contributed by atoms with van der Waals surface area (Å²) in [5.41, 5.74) is 20.1. The molecule has 1 saturated heterocycles.